The summed E-state index contributed by atoms with van der Waals surface area (Å²) in [4.78, 5) is 38.1. The molecule has 0 N–H and O–H groups in total. The van der Waals surface area contributed by atoms with Crippen LogP contribution in [-0.4, -0.2) is 49.6 Å². The van der Waals surface area contributed by atoms with Gasteiger partial charge >= 0.3 is 12.1 Å². The molecule has 1 atom stereocenters. The summed E-state index contributed by atoms with van der Waals surface area (Å²) in [5.74, 6) is -1.24. The summed E-state index contributed by atoms with van der Waals surface area (Å²) in [6, 6.07) is 0. The maximum absolute atomic E-state index is 12.8. The van der Waals surface area contributed by atoms with Crippen molar-refractivity contribution in [1.82, 2.24) is 4.90 Å². The molecule has 0 saturated carbocycles. The largest absolute Gasteiger partial charge is 0.465 e. The minimum Gasteiger partial charge on any atom is -0.465 e. The van der Waals surface area contributed by atoms with Gasteiger partial charge in [0.15, 0.2) is 0 Å². The lowest BCUT2D eigenvalue weighted by atomic mass is 9.83. The zero-order valence-electron chi connectivity index (χ0n) is 15.2. The topological polar surface area (TPSA) is 72.9 Å². The number of rotatable bonds is 9. The first-order valence-corrected chi connectivity index (χ1v) is 9.08. The summed E-state index contributed by atoms with van der Waals surface area (Å²) in [7, 11) is 1.35. The first-order chi connectivity index (χ1) is 11.5. The number of hydrogen-bond acceptors (Lipinski definition) is 5. The highest BCUT2D eigenvalue weighted by Gasteiger charge is 2.35. The Morgan fingerprint density at radius 2 is 1.75 bits per heavy atom. The molecule has 0 aromatic carbocycles. The first-order valence-electron chi connectivity index (χ1n) is 9.08. The summed E-state index contributed by atoms with van der Waals surface area (Å²) < 4.78 is 9.81. The van der Waals surface area contributed by atoms with E-state index in [-0.39, 0.29) is 17.8 Å². The molecule has 0 aliphatic carbocycles. The minimum atomic E-state index is -0.656. The lowest BCUT2D eigenvalue weighted by Crippen LogP contribution is -2.42. The Labute approximate surface area is 144 Å². The maximum Gasteiger partial charge on any atom is 0.409 e. The standard InChI is InChI=1S/C18H31NO5/c1-4-6-7-8-9-15(17(21)24-5-2)16(20)14-10-12-19(13-11-14)18(22)23-3/h14-15H,4-13H2,1-3H3. The SMILES string of the molecule is CCCCCCC(C(=O)OCC)C(=O)C1CCN(C(=O)OC)CC1. The fourth-order valence-electron chi connectivity index (χ4n) is 3.15. The molecule has 1 amide bonds. The van der Waals surface area contributed by atoms with Gasteiger partial charge in [-0.05, 0) is 26.2 Å². The number of unbranched alkanes of at least 4 members (excludes halogenated alkanes) is 3. The number of methoxy groups -OCH3 is 1. The van der Waals surface area contributed by atoms with E-state index in [0.29, 0.717) is 39.0 Å². The van der Waals surface area contributed by atoms with Gasteiger partial charge in [-0.2, -0.15) is 0 Å². The molecule has 1 heterocycles. The van der Waals surface area contributed by atoms with E-state index in [1.54, 1.807) is 11.8 Å². The van der Waals surface area contributed by atoms with Crippen LogP contribution in [0.3, 0.4) is 0 Å². The number of amides is 1. The predicted molar refractivity (Wildman–Crippen MR) is 90.6 cm³/mol. The molecule has 6 heteroatoms. The molecule has 6 nitrogen and oxygen atoms in total. The van der Waals surface area contributed by atoms with Gasteiger partial charge in [0, 0.05) is 19.0 Å². The molecule has 0 aromatic heterocycles. The Kier molecular flexibility index (Phi) is 9.42. The van der Waals surface area contributed by atoms with E-state index in [2.05, 4.69) is 6.92 Å². The maximum atomic E-state index is 12.8. The average molecular weight is 341 g/mol. The predicted octanol–water partition coefficient (Wildman–Crippen LogP) is 3.18. The highest BCUT2D eigenvalue weighted by atomic mass is 16.5. The summed E-state index contributed by atoms with van der Waals surface area (Å²) in [5, 5.41) is 0. The van der Waals surface area contributed by atoms with Crippen LogP contribution in [0.4, 0.5) is 4.79 Å². The van der Waals surface area contributed by atoms with Crippen molar-refractivity contribution in [3.8, 4) is 0 Å². The normalized spacial score (nSPS) is 16.5. The van der Waals surface area contributed by atoms with Crippen molar-refractivity contribution in [3.63, 3.8) is 0 Å². The van der Waals surface area contributed by atoms with Gasteiger partial charge in [-0.25, -0.2) is 4.79 Å². The van der Waals surface area contributed by atoms with Crippen LogP contribution >= 0.6 is 0 Å². The number of ether oxygens (including phenoxy) is 2. The van der Waals surface area contributed by atoms with E-state index >= 15 is 0 Å². The summed E-state index contributed by atoms with van der Waals surface area (Å²) in [6.45, 7) is 5.16. The molecular weight excluding hydrogens is 310 g/mol. The van der Waals surface area contributed by atoms with Crippen molar-refractivity contribution in [1.29, 1.82) is 0 Å². The zero-order valence-corrected chi connectivity index (χ0v) is 15.2. The fourth-order valence-corrected chi connectivity index (χ4v) is 3.15. The number of hydrogen-bond donors (Lipinski definition) is 0. The summed E-state index contributed by atoms with van der Waals surface area (Å²) in [5.41, 5.74) is 0. The Morgan fingerprint density at radius 3 is 2.29 bits per heavy atom. The van der Waals surface area contributed by atoms with Crippen molar-refractivity contribution < 1.29 is 23.9 Å². The van der Waals surface area contributed by atoms with Crippen molar-refractivity contribution in [2.45, 2.75) is 58.8 Å². The van der Waals surface area contributed by atoms with Crippen molar-refractivity contribution in [2.24, 2.45) is 11.8 Å². The van der Waals surface area contributed by atoms with E-state index in [4.69, 9.17) is 9.47 Å². The second-order valence-corrected chi connectivity index (χ2v) is 6.29. The number of esters is 1. The fraction of sp³-hybridized carbons (Fsp3) is 0.833. The number of carbonyl (C=O) groups excluding carboxylic acids is 3. The van der Waals surface area contributed by atoms with Gasteiger partial charge in [0.25, 0.3) is 0 Å². The molecule has 1 fully saturated rings. The molecule has 0 spiro atoms. The van der Waals surface area contributed by atoms with E-state index in [0.717, 1.165) is 25.7 Å². The Bertz CT molecular complexity index is 416. The highest BCUT2D eigenvalue weighted by molar-refractivity contribution is 6.00. The van der Waals surface area contributed by atoms with Gasteiger partial charge in [-0.15, -0.1) is 0 Å². The second-order valence-electron chi connectivity index (χ2n) is 6.29. The molecule has 138 valence electrons. The van der Waals surface area contributed by atoms with Gasteiger partial charge in [0.2, 0.25) is 0 Å². The third kappa shape index (κ3) is 6.13. The molecule has 1 aliphatic heterocycles. The summed E-state index contributed by atoms with van der Waals surface area (Å²) in [6.07, 6.45) is 5.49. The molecule has 1 unspecified atom stereocenters. The van der Waals surface area contributed by atoms with Gasteiger partial charge in [0.05, 0.1) is 13.7 Å². The van der Waals surface area contributed by atoms with Crippen LogP contribution in [-0.2, 0) is 19.1 Å². The summed E-state index contributed by atoms with van der Waals surface area (Å²) >= 11 is 0. The lowest BCUT2D eigenvalue weighted by Gasteiger charge is -2.31. The van der Waals surface area contributed by atoms with Crippen molar-refractivity contribution in [2.75, 3.05) is 26.8 Å². The molecule has 0 bridgehead atoms. The van der Waals surface area contributed by atoms with E-state index in [9.17, 15) is 14.4 Å². The van der Waals surface area contributed by atoms with E-state index < -0.39 is 11.9 Å². The monoisotopic (exact) mass is 341 g/mol. The van der Waals surface area contributed by atoms with E-state index in [1.165, 1.54) is 7.11 Å². The van der Waals surface area contributed by atoms with Crippen LogP contribution in [0.5, 0.6) is 0 Å². The smallest absolute Gasteiger partial charge is 0.409 e. The lowest BCUT2D eigenvalue weighted by molar-refractivity contribution is -0.153. The molecule has 1 rings (SSSR count). The number of likely N-dealkylation sites (tertiary alicyclic amines) is 1. The Hall–Kier alpha value is -1.59. The molecular formula is C18H31NO5. The second kappa shape index (κ2) is 11.0. The third-order valence-electron chi connectivity index (χ3n) is 4.59. The number of piperidine rings is 1. The van der Waals surface area contributed by atoms with Gasteiger partial charge < -0.3 is 14.4 Å². The average Bonchev–Trinajstić information content (AvgIpc) is 2.61. The number of ketones is 1. The molecule has 24 heavy (non-hydrogen) atoms. The van der Waals surface area contributed by atoms with Crippen LogP contribution in [0.1, 0.15) is 58.8 Å². The highest BCUT2D eigenvalue weighted by Crippen LogP contribution is 2.25. The number of carbonyl (C=O) groups is 3. The van der Waals surface area contributed by atoms with Crippen LogP contribution in [0.2, 0.25) is 0 Å². The van der Waals surface area contributed by atoms with Gasteiger partial charge in [-0.1, -0.05) is 32.6 Å². The molecule has 1 saturated heterocycles. The van der Waals surface area contributed by atoms with Gasteiger partial charge in [0.1, 0.15) is 11.7 Å². The van der Waals surface area contributed by atoms with Gasteiger partial charge in [-0.3, -0.25) is 9.59 Å². The van der Waals surface area contributed by atoms with Crippen molar-refractivity contribution in [3.05, 3.63) is 0 Å². The molecule has 0 aromatic rings. The molecule has 0 radical (unpaired) electrons. The quantitative estimate of drug-likeness (QED) is 0.366. The Morgan fingerprint density at radius 1 is 1.08 bits per heavy atom. The van der Waals surface area contributed by atoms with Crippen LogP contribution in [0.25, 0.3) is 0 Å². The zero-order chi connectivity index (χ0) is 17.9. The van der Waals surface area contributed by atoms with Crippen LogP contribution in [0.15, 0.2) is 0 Å². The third-order valence-corrected chi connectivity index (χ3v) is 4.59. The van der Waals surface area contributed by atoms with E-state index in [1.807, 2.05) is 0 Å². The first kappa shape index (κ1) is 20.5. The molecule has 1 aliphatic rings. The number of nitrogens with zero attached hydrogens (tertiary/aromatic N) is 1. The van der Waals surface area contributed by atoms with Crippen LogP contribution in [0, 0.1) is 11.8 Å². The Balaban J connectivity index is 2.60. The van der Waals surface area contributed by atoms with Crippen LogP contribution < -0.4 is 0 Å². The minimum absolute atomic E-state index is 0.0190. The number of Topliss-reactive ketones (excluding diaryl/α,β-unsaturated/α-hetero) is 1. The van der Waals surface area contributed by atoms with Crippen molar-refractivity contribution >= 4 is 17.8 Å².